The van der Waals surface area contributed by atoms with E-state index in [1.807, 2.05) is 30.6 Å². The largest absolute Gasteiger partial charge is 0.396 e. The first kappa shape index (κ1) is 16.7. The fourth-order valence-corrected chi connectivity index (χ4v) is 2.71. The van der Waals surface area contributed by atoms with E-state index in [2.05, 4.69) is 55.3 Å². The van der Waals surface area contributed by atoms with Gasteiger partial charge in [0.2, 0.25) is 0 Å². The number of benzene rings is 1. The Labute approximate surface area is 133 Å². The molecule has 0 amide bonds. The third-order valence-corrected chi connectivity index (χ3v) is 4.39. The molecule has 2 rings (SSSR count). The zero-order valence-electron chi connectivity index (χ0n) is 13.7. The minimum Gasteiger partial charge on any atom is -0.396 e. The second kappa shape index (κ2) is 7.52. The minimum absolute atomic E-state index is 0.165. The second-order valence-electron chi connectivity index (χ2n) is 6.52. The van der Waals surface area contributed by atoms with Crippen molar-refractivity contribution in [3.63, 3.8) is 0 Å². The maximum atomic E-state index is 9.77. The van der Waals surface area contributed by atoms with E-state index in [9.17, 15) is 5.11 Å². The molecule has 1 aromatic heterocycles. The summed E-state index contributed by atoms with van der Waals surface area (Å²) < 4.78 is 0. The lowest BCUT2D eigenvalue weighted by Crippen LogP contribution is -2.35. The molecule has 0 radical (unpaired) electrons. The van der Waals surface area contributed by atoms with Crippen molar-refractivity contribution in [1.82, 2.24) is 10.3 Å². The van der Waals surface area contributed by atoms with Gasteiger partial charge in [-0.2, -0.15) is 0 Å². The number of nitrogens with zero attached hydrogens (tertiary/aromatic N) is 1. The molecule has 0 bridgehead atoms. The highest BCUT2D eigenvalue weighted by molar-refractivity contribution is 5.23. The summed E-state index contributed by atoms with van der Waals surface area (Å²) >= 11 is 0. The Kier molecular flexibility index (Phi) is 5.69. The molecule has 0 fully saturated rings. The van der Waals surface area contributed by atoms with Crippen LogP contribution in [0.3, 0.4) is 0 Å². The van der Waals surface area contributed by atoms with Crippen LogP contribution in [-0.4, -0.2) is 23.2 Å². The molecule has 0 saturated heterocycles. The molecule has 0 saturated carbocycles. The Hall–Kier alpha value is -1.71. The Bertz CT molecular complexity index is 554. The molecule has 3 heteroatoms. The highest BCUT2D eigenvalue weighted by Crippen LogP contribution is 2.35. The lowest BCUT2D eigenvalue weighted by atomic mass is 9.75. The van der Waals surface area contributed by atoms with Crippen LogP contribution in [0.25, 0.3) is 0 Å². The lowest BCUT2D eigenvalue weighted by Gasteiger charge is -2.34. The third-order valence-electron chi connectivity index (χ3n) is 4.39. The molecular weight excluding hydrogens is 272 g/mol. The number of nitrogens with one attached hydrogen (secondary N) is 1. The van der Waals surface area contributed by atoms with Gasteiger partial charge in [-0.1, -0.05) is 44.2 Å². The highest BCUT2D eigenvalue weighted by atomic mass is 16.3. The number of hydrogen-bond donors (Lipinski definition) is 2. The third kappa shape index (κ3) is 4.15. The van der Waals surface area contributed by atoms with Crippen molar-refractivity contribution >= 4 is 0 Å². The number of pyridine rings is 1. The smallest absolute Gasteiger partial charge is 0.0488 e. The average Bonchev–Trinajstić information content (AvgIpc) is 2.56. The Morgan fingerprint density at radius 1 is 1.05 bits per heavy atom. The van der Waals surface area contributed by atoms with Crippen LogP contribution >= 0.6 is 0 Å². The van der Waals surface area contributed by atoms with E-state index in [4.69, 9.17) is 0 Å². The summed E-state index contributed by atoms with van der Waals surface area (Å²) in [6.45, 7) is 7.37. The van der Waals surface area contributed by atoms with Gasteiger partial charge in [0.15, 0.2) is 0 Å². The average molecular weight is 298 g/mol. The fraction of sp³-hybridized carbons (Fsp3) is 0.421. The molecule has 2 N–H and O–H groups in total. The Morgan fingerprint density at radius 2 is 1.68 bits per heavy atom. The molecule has 0 aliphatic carbocycles. The van der Waals surface area contributed by atoms with Gasteiger partial charge in [0.25, 0.3) is 0 Å². The number of rotatable bonds is 7. The Morgan fingerprint density at radius 3 is 2.27 bits per heavy atom. The van der Waals surface area contributed by atoms with Crippen molar-refractivity contribution in [3.8, 4) is 0 Å². The van der Waals surface area contributed by atoms with E-state index in [1.165, 1.54) is 11.1 Å². The SMILES string of the molecule is CC(NCC(c1ccccc1)C(C)(C)CO)c1ccncc1. The van der Waals surface area contributed by atoms with E-state index in [0.717, 1.165) is 6.54 Å². The molecule has 0 spiro atoms. The molecule has 22 heavy (non-hydrogen) atoms. The van der Waals surface area contributed by atoms with Gasteiger partial charge in [0.05, 0.1) is 0 Å². The number of aliphatic hydroxyl groups excluding tert-OH is 1. The summed E-state index contributed by atoms with van der Waals surface area (Å²) in [5, 5.41) is 13.4. The van der Waals surface area contributed by atoms with Gasteiger partial charge in [0, 0.05) is 37.5 Å². The predicted octanol–water partition coefficient (Wildman–Crippen LogP) is 3.53. The van der Waals surface area contributed by atoms with Crippen LogP contribution in [-0.2, 0) is 0 Å². The summed E-state index contributed by atoms with van der Waals surface area (Å²) in [5.74, 6) is 0.253. The van der Waals surface area contributed by atoms with Crippen LogP contribution in [0.15, 0.2) is 54.9 Å². The lowest BCUT2D eigenvalue weighted by molar-refractivity contribution is 0.128. The maximum absolute atomic E-state index is 9.77. The van der Waals surface area contributed by atoms with Crippen LogP contribution in [0.1, 0.15) is 43.9 Å². The van der Waals surface area contributed by atoms with Gasteiger partial charge in [0.1, 0.15) is 0 Å². The van der Waals surface area contributed by atoms with Gasteiger partial charge in [-0.15, -0.1) is 0 Å². The van der Waals surface area contributed by atoms with Gasteiger partial charge in [-0.25, -0.2) is 0 Å². The van der Waals surface area contributed by atoms with E-state index in [-0.39, 0.29) is 24.0 Å². The first-order chi connectivity index (χ1) is 10.5. The van der Waals surface area contributed by atoms with E-state index >= 15 is 0 Å². The van der Waals surface area contributed by atoms with Crippen LogP contribution < -0.4 is 5.32 Å². The first-order valence-electron chi connectivity index (χ1n) is 7.83. The molecule has 1 aromatic carbocycles. The van der Waals surface area contributed by atoms with Gasteiger partial charge in [-0.05, 0) is 35.6 Å². The van der Waals surface area contributed by atoms with Crippen LogP contribution in [0.4, 0.5) is 0 Å². The monoisotopic (exact) mass is 298 g/mol. The van der Waals surface area contributed by atoms with Gasteiger partial charge in [-0.3, -0.25) is 4.98 Å². The molecule has 3 nitrogen and oxygen atoms in total. The van der Waals surface area contributed by atoms with E-state index in [0.29, 0.717) is 0 Å². The van der Waals surface area contributed by atoms with Crippen molar-refractivity contribution < 1.29 is 5.11 Å². The standard InChI is InChI=1S/C19H26N2O/c1-15(16-9-11-20-12-10-16)21-13-18(19(2,3)14-22)17-7-5-4-6-8-17/h4-12,15,18,21-22H,13-14H2,1-3H3. The van der Waals surface area contributed by atoms with Gasteiger partial charge < -0.3 is 10.4 Å². The molecule has 2 aromatic rings. The number of hydrogen-bond acceptors (Lipinski definition) is 3. The highest BCUT2D eigenvalue weighted by Gasteiger charge is 2.30. The quantitative estimate of drug-likeness (QED) is 0.822. The minimum atomic E-state index is -0.174. The van der Waals surface area contributed by atoms with E-state index < -0.39 is 0 Å². The summed E-state index contributed by atoms with van der Waals surface area (Å²) in [6, 6.07) is 14.7. The van der Waals surface area contributed by atoms with Crippen LogP contribution in [0, 0.1) is 5.41 Å². The summed E-state index contributed by atoms with van der Waals surface area (Å²) in [4.78, 5) is 4.06. The summed E-state index contributed by atoms with van der Waals surface area (Å²) in [6.07, 6.45) is 3.64. The topological polar surface area (TPSA) is 45.1 Å². The molecule has 2 unspecified atom stereocenters. The van der Waals surface area contributed by atoms with Crippen molar-refractivity contribution in [3.05, 3.63) is 66.0 Å². The Balaban J connectivity index is 2.11. The summed E-state index contributed by atoms with van der Waals surface area (Å²) in [5.41, 5.74) is 2.31. The second-order valence-corrected chi connectivity index (χ2v) is 6.52. The van der Waals surface area contributed by atoms with Crippen LogP contribution in [0.2, 0.25) is 0 Å². The molecule has 0 aliphatic heterocycles. The zero-order chi connectivity index (χ0) is 16.0. The van der Waals surface area contributed by atoms with Crippen LogP contribution in [0.5, 0.6) is 0 Å². The number of aromatic nitrogens is 1. The number of aliphatic hydroxyl groups is 1. The molecule has 1 heterocycles. The van der Waals surface area contributed by atoms with Gasteiger partial charge >= 0.3 is 0 Å². The molecule has 2 atom stereocenters. The van der Waals surface area contributed by atoms with Crippen molar-refractivity contribution in [2.75, 3.05) is 13.2 Å². The maximum Gasteiger partial charge on any atom is 0.0488 e. The predicted molar refractivity (Wildman–Crippen MR) is 90.7 cm³/mol. The first-order valence-corrected chi connectivity index (χ1v) is 7.83. The summed E-state index contributed by atoms with van der Waals surface area (Å²) in [7, 11) is 0. The molecular formula is C19H26N2O. The van der Waals surface area contributed by atoms with E-state index in [1.54, 1.807) is 0 Å². The normalized spacial score (nSPS) is 14.5. The zero-order valence-corrected chi connectivity index (χ0v) is 13.7. The molecule has 118 valence electrons. The fourth-order valence-electron chi connectivity index (χ4n) is 2.71. The van der Waals surface area contributed by atoms with Crippen molar-refractivity contribution in [2.45, 2.75) is 32.7 Å². The van der Waals surface area contributed by atoms with Crippen molar-refractivity contribution in [2.24, 2.45) is 5.41 Å². The van der Waals surface area contributed by atoms with Crippen molar-refractivity contribution in [1.29, 1.82) is 0 Å². The molecule has 0 aliphatic rings.